The van der Waals surface area contributed by atoms with Crippen LogP contribution in [-0.2, 0) is 17.9 Å². The number of amides is 1. The van der Waals surface area contributed by atoms with Crippen LogP contribution in [0.5, 0.6) is 5.75 Å². The predicted octanol–water partition coefficient (Wildman–Crippen LogP) is 2.12. The number of hydrogen-bond acceptors (Lipinski definition) is 3. The van der Waals surface area contributed by atoms with Crippen LogP contribution in [0.15, 0.2) is 42.5 Å². The zero-order chi connectivity index (χ0) is 15.9. The Balaban J connectivity index is 1.85. The first-order valence-corrected chi connectivity index (χ1v) is 6.70. The van der Waals surface area contributed by atoms with Crippen molar-refractivity contribution in [3.05, 3.63) is 65.2 Å². The van der Waals surface area contributed by atoms with Crippen molar-refractivity contribution < 1.29 is 18.3 Å². The van der Waals surface area contributed by atoms with Gasteiger partial charge in [-0.25, -0.2) is 8.78 Å². The largest absolute Gasteiger partial charge is 0.484 e. The van der Waals surface area contributed by atoms with Crippen LogP contribution >= 0.6 is 0 Å². The minimum Gasteiger partial charge on any atom is -0.484 e. The molecule has 3 N–H and O–H groups in total. The number of carbonyl (C=O) groups is 1. The summed E-state index contributed by atoms with van der Waals surface area (Å²) in [6, 6.07) is 10.8. The summed E-state index contributed by atoms with van der Waals surface area (Å²) in [5, 5.41) is 2.97. The van der Waals surface area contributed by atoms with Crippen LogP contribution in [-0.4, -0.2) is 12.5 Å². The molecule has 2 rings (SSSR count). The smallest absolute Gasteiger partial charge is 0.255 e. The molecule has 4 nitrogen and oxygen atoms in total. The third-order valence-electron chi connectivity index (χ3n) is 3.00. The van der Waals surface area contributed by atoms with Gasteiger partial charge in [0.25, 0.3) is 5.91 Å². The lowest BCUT2D eigenvalue weighted by Gasteiger charge is -2.08. The quantitative estimate of drug-likeness (QED) is 0.823. The van der Waals surface area contributed by atoms with Crippen molar-refractivity contribution in [1.82, 2.24) is 5.32 Å². The third kappa shape index (κ3) is 4.53. The van der Waals surface area contributed by atoms with Gasteiger partial charge in [0.15, 0.2) is 6.61 Å². The lowest BCUT2D eigenvalue weighted by molar-refractivity contribution is -0.119. The molecule has 0 unspecified atom stereocenters. The third-order valence-corrected chi connectivity index (χ3v) is 3.00. The van der Waals surface area contributed by atoms with Crippen molar-refractivity contribution in [2.45, 2.75) is 13.1 Å². The fourth-order valence-corrected chi connectivity index (χ4v) is 1.89. The van der Waals surface area contributed by atoms with E-state index in [-0.39, 0.29) is 18.7 Å². The van der Waals surface area contributed by atoms with Gasteiger partial charge in [-0.15, -0.1) is 0 Å². The van der Waals surface area contributed by atoms with Gasteiger partial charge >= 0.3 is 0 Å². The molecule has 1 amide bonds. The molecule has 2 aromatic rings. The van der Waals surface area contributed by atoms with Crippen molar-refractivity contribution in [2.24, 2.45) is 5.73 Å². The molecule has 6 heteroatoms. The molecule has 0 saturated heterocycles. The van der Waals surface area contributed by atoms with E-state index in [2.05, 4.69) is 5.32 Å². The van der Waals surface area contributed by atoms with Crippen molar-refractivity contribution in [1.29, 1.82) is 0 Å². The topological polar surface area (TPSA) is 64.4 Å². The molecule has 0 spiro atoms. The molecule has 0 aliphatic heterocycles. The SMILES string of the molecule is NC(=O)COc1ccc(CNCc2c(F)cccc2F)cc1. The van der Waals surface area contributed by atoms with Crippen LogP contribution in [0.4, 0.5) is 8.78 Å². The van der Waals surface area contributed by atoms with Crippen molar-refractivity contribution in [2.75, 3.05) is 6.61 Å². The fourth-order valence-electron chi connectivity index (χ4n) is 1.89. The van der Waals surface area contributed by atoms with Gasteiger partial charge in [0.05, 0.1) is 0 Å². The summed E-state index contributed by atoms with van der Waals surface area (Å²) in [6.45, 7) is 0.368. The Hall–Kier alpha value is -2.47. The Labute approximate surface area is 126 Å². The van der Waals surface area contributed by atoms with Crippen LogP contribution in [0, 0.1) is 11.6 Å². The molecule has 0 aliphatic rings. The number of rotatable bonds is 7. The second-order valence-electron chi connectivity index (χ2n) is 4.70. The highest BCUT2D eigenvalue weighted by Crippen LogP contribution is 2.14. The van der Waals surface area contributed by atoms with Crippen LogP contribution in [0.25, 0.3) is 0 Å². The van der Waals surface area contributed by atoms with E-state index >= 15 is 0 Å². The average molecular weight is 306 g/mol. The molecule has 116 valence electrons. The number of hydrogen-bond donors (Lipinski definition) is 2. The van der Waals surface area contributed by atoms with Gasteiger partial charge in [-0.1, -0.05) is 18.2 Å². The lowest BCUT2D eigenvalue weighted by Crippen LogP contribution is -2.20. The van der Waals surface area contributed by atoms with E-state index in [0.717, 1.165) is 5.56 Å². The first kappa shape index (κ1) is 15.9. The van der Waals surface area contributed by atoms with Crippen molar-refractivity contribution in [3.63, 3.8) is 0 Å². The zero-order valence-corrected chi connectivity index (χ0v) is 11.8. The van der Waals surface area contributed by atoms with E-state index in [1.807, 2.05) is 0 Å². The van der Waals surface area contributed by atoms with E-state index in [1.54, 1.807) is 24.3 Å². The molecule has 0 aromatic heterocycles. The van der Waals surface area contributed by atoms with E-state index in [9.17, 15) is 13.6 Å². The molecule has 0 saturated carbocycles. The van der Waals surface area contributed by atoms with E-state index < -0.39 is 17.5 Å². The monoisotopic (exact) mass is 306 g/mol. The van der Waals surface area contributed by atoms with E-state index in [4.69, 9.17) is 10.5 Å². The van der Waals surface area contributed by atoms with Gasteiger partial charge in [0.1, 0.15) is 17.4 Å². The Bertz CT molecular complexity index is 625. The molecule has 0 radical (unpaired) electrons. The van der Waals surface area contributed by atoms with Gasteiger partial charge < -0.3 is 15.8 Å². The first-order chi connectivity index (χ1) is 10.6. The van der Waals surface area contributed by atoms with E-state index in [1.165, 1.54) is 18.2 Å². The van der Waals surface area contributed by atoms with Crippen molar-refractivity contribution in [3.8, 4) is 5.75 Å². The molecule has 0 aliphatic carbocycles. The maximum atomic E-state index is 13.4. The predicted molar refractivity (Wildman–Crippen MR) is 78.0 cm³/mol. The number of nitrogens with two attached hydrogens (primary N) is 1. The van der Waals surface area contributed by atoms with Crippen LogP contribution in [0.1, 0.15) is 11.1 Å². The normalized spacial score (nSPS) is 10.5. The summed E-state index contributed by atoms with van der Waals surface area (Å²) in [6.07, 6.45) is 0. The lowest BCUT2D eigenvalue weighted by atomic mass is 10.2. The summed E-state index contributed by atoms with van der Waals surface area (Å²) in [4.78, 5) is 10.6. The molecular weight excluding hydrogens is 290 g/mol. The molecule has 0 heterocycles. The standard InChI is InChI=1S/C16H16F2N2O2/c17-14-2-1-3-15(18)13(14)9-20-8-11-4-6-12(7-5-11)22-10-16(19)21/h1-7,20H,8-10H2,(H2,19,21). The van der Waals surface area contributed by atoms with Crippen LogP contribution < -0.4 is 15.8 Å². The van der Waals surface area contributed by atoms with Gasteiger partial charge in [-0.3, -0.25) is 4.79 Å². The minimum absolute atomic E-state index is 0.0175. The van der Waals surface area contributed by atoms with Gasteiger partial charge in [0, 0.05) is 18.7 Å². The number of benzene rings is 2. The molecule has 2 aromatic carbocycles. The molecule has 0 fully saturated rings. The summed E-state index contributed by atoms with van der Waals surface area (Å²) in [5.74, 6) is -1.15. The summed E-state index contributed by atoms with van der Waals surface area (Å²) >= 11 is 0. The van der Waals surface area contributed by atoms with Crippen LogP contribution in [0.3, 0.4) is 0 Å². The fraction of sp³-hybridized carbons (Fsp3) is 0.188. The maximum absolute atomic E-state index is 13.4. The number of nitrogens with one attached hydrogen (secondary N) is 1. The zero-order valence-electron chi connectivity index (χ0n) is 11.8. The Morgan fingerprint density at radius 2 is 1.68 bits per heavy atom. The number of primary amides is 1. The molecule has 0 bridgehead atoms. The molecular formula is C16H16F2N2O2. The highest BCUT2D eigenvalue weighted by Gasteiger charge is 2.07. The van der Waals surface area contributed by atoms with E-state index in [0.29, 0.717) is 12.3 Å². The van der Waals surface area contributed by atoms with Gasteiger partial charge in [-0.2, -0.15) is 0 Å². The first-order valence-electron chi connectivity index (χ1n) is 6.70. The summed E-state index contributed by atoms with van der Waals surface area (Å²) in [5.41, 5.74) is 5.92. The van der Waals surface area contributed by atoms with Crippen LogP contribution in [0.2, 0.25) is 0 Å². The number of ether oxygens (including phenoxy) is 1. The highest BCUT2D eigenvalue weighted by atomic mass is 19.1. The summed E-state index contributed by atoms with van der Waals surface area (Å²) in [7, 11) is 0. The average Bonchev–Trinajstić information content (AvgIpc) is 2.49. The molecule has 22 heavy (non-hydrogen) atoms. The Morgan fingerprint density at radius 1 is 1.05 bits per heavy atom. The second-order valence-corrected chi connectivity index (χ2v) is 4.70. The molecule has 0 atom stereocenters. The number of halogens is 2. The maximum Gasteiger partial charge on any atom is 0.255 e. The summed E-state index contributed by atoms with van der Waals surface area (Å²) < 4.78 is 32.0. The van der Waals surface area contributed by atoms with Gasteiger partial charge in [-0.05, 0) is 29.8 Å². The Kier molecular flexibility index (Phi) is 5.43. The minimum atomic E-state index is -0.567. The van der Waals surface area contributed by atoms with Gasteiger partial charge in [0.2, 0.25) is 0 Å². The number of carbonyl (C=O) groups excluding carboxylic acids is 1. The highest BCUT2D eigenvalue weighted by molar-refractivity contribution is 5.75. The second kappa shape index (κ2) is 7.51. The Morgan fingerprint density at radius 3 is 2.27 bits per heavy atom. The van der Waals surface area contributed by atoms with Crippen molar-refractivity contribution >= 4 is 5.91 Å².